The van der Waals surface area contributed by atoms with E-state index in [-0.39, 0.29) is 0 Å². The predicted molar refractivity (Wildman–Crippen MR) is 98.6 cm³/mol. The topological polar surface area (TPSA) is 35.9 Å². The third-order valence-corrected chi connectivity index (χ3v) is 4.65. The largest absolute Gasteiger partial charge is 0.490 e. The van der Waals surface area contributed by atoms with Crippen LogP contribution in [0.5, 0.6) is 5.75 Å². The van der Waals surface area contributed by atoms with E-state index in [1.807, 2.05) is 24.3 Å². The van der Waals surface area contributed by atoms with Crippen LogP contribution < -0.4 is 4.74 Å². The molecule has 1 heterocycles. The van der Waals surface area contributed by atoms with Gasteiger partial charge in [0, 0.05) is 38.1 Å². The Balaban J connectivity index is 1.48. The highest BCUT2D eigenvalue weighted by Gasteiger charge is 2.19. The molecule has 0 saturated carbocycles. The quantitative estimate of drug-likeness (QED) is 0.847. The second-order valence-corrected chi connectivity index (χ2v) is 6.58. The molecule has 0 spiro atoms. The van der Waals surface area contributed by atoms with Gasteiger partial charge < -0.3 is 14.7 Å². The van der Waals surface area contributed by atoms with Crippen LogP contribution in [-0.4, -0.2) is 66.9 Å². The average molecular weight is 328 g/mol. The minimum absolute atomic E-state index is 0.336. The average Bonchev–Trinajstić information content (AvgIpc) is 2.62. The lowest BCUT2D eigenvalue weighted by Gasteiger charge is -2.35. The number of hydrogen-bond acceptors (Lipinski definition) is 4. The lowest BCUT2D eigenvalue weighted by Crippen LogP contribution is -2.49. The number of aliphatic hydroxyl groups excluding tert-OH is 1. The Morgan fingerprint density at radius 1 is 1.00 bits per heavy atom. The fraction of sp³-hybridized carbons (Fsp3) is 0.500. The van der Waals surface area contributed by atoms with Gasteiger partial charge in [-0.3, -0.25) is 4.90 Å². The van der Waals surface area contributed by atoms with Crippen LogP contribution in [-0.2, 0) is 0 Å². The standard InChI is InChI=1S/C20H28N2O2/c1-2-10-21-11-13-22(14-12-21)15-18(23)16-24-20-9-5-7-17-6-3-4-8-19(17)20/h3-9,18,23H,2,10-16H2,1H3/t18-/m1/s1. The molecule has 1 N–H and O–H groups in total. The third kappa shape index (κ3) is 4.47. The van der Waals surface area contributed by atoms with E-state index in [2.05, 4.69) is 34.9 Å². The first-order chi connectivity index (χ1) is 11.8. The molecule has 0 unspecified atom stereocenters. The van der Waals surface area contributed by atoms with Crippen molar-refractivity contribution in [3.05, 3.63) is 42.5 Å². The van der Waals surface area contributed by atoms with E-state index in [9.17, 15) is 5.11 Å². The van der Waals surface area contributed by atoms with Crippen LogP contribution in [0.1, 0.15) is 13.3 Å². The van der Waals surface area contributed by atoms with E-state index in [0.717, 1.165) is 42.7 Å². The Labute approximate surface area is 144 Å². The number of ether oxygens (including phenoxy) is 1. The molecule has 130 valence electrons. The van der Waals surface area contributed by atoms with Crippen LogP contribution in [0.25, 0.3) is 10.8 Å². The summed E-state index contributed by atoms with van der Waals surface area (Å²) in [6, 6.07) is 14.2. The highest BCUT2D eigenvalue weighted by molar-refractivity contribution is 5.88. The molecule has 0 amide bonds. The smallest absolute Gasteiger partial charge is 0.127 e. The van der Waals surface area contributed by atoms with Crippen LogP contribution in [0, 0.1) is 0 Å². The van der Waals surface area contributed by atoms with Crippen LogP contribution in [0.2, 0.25) is 0 Å². The summed E-state index contributed by atoms with van der Waals surface area (Å²) >= 11 is 0. The van der Waals surface area contributed by atoms with Gasteiger partial charge in [0.2, 0.25) is 0 Å². The second-order valence-electron chi connectivity index (χ2n) is 6.58. The number of piperazine rings is 1. The fourth-order valence-electron chi connectivity index (χ4n) is 3.37. The lowest BCUT2D eigenvalue weighted by molar-refractivity contribution is 0.0465. The number of benzene rings is 2. The van der Waals surface area contributed by atoms with Gasteiger partial charge in [0.05, 0.1) is 0 Å². The van der Waals surface area contributed by atoms with E-state index in [0.29, 0.717) is 13.2 Å². The van der Waals surface area contributed by atoms with Gasteiger partial charge in [-0.1, -0.05) is 43.3 Å². The Kier molecular flexibility index (Phi) is 6.07. The van der Waals surface area contributed by atoms with E-state index in [1.165, 1.54) is 13.0 Å². The summed E-state index contributed by atoms with van der Waals surface area (Å²) in [5, 5.41) is 12.6. The van der Waals surface area contributed by atoms with Gasteiger partial charge in [-0.25, -0.2) is 0 Å². The molecular formula is C20H28N2O2. The van der Waals surface area contributed by atoms with Gasteiger partial charge in [0.15, 0.2) is 0 Å². The SMILES string of the molecule is CCCN1CCN(C[C@@H](O)COc2cccc3ccccc23)CC1. The van der Waals surface area contributed by atoms with Gasteiger partial charge >= 0.3 is 0 Å². The van der Waals surface area contributed by atoms with Gasteiger partial charge in [-0.15, -0.1) is 0 Å². The molecule has 1 fully saturated rings. The zero-order valence-electron chi connectivity index (χ0n) is 14.5. The van der Waals surface area contributed by atoms with Gasteiger partial charge in [0.25, 0.3) is 0 Å². The molecule has 0 bridgehead atoms. The van der Waals surface area contributed by atoms with E-state index in [1.54, 1.807) is 0 Å². The highest BCUT2D eigenvalue weighted by Crippen LogP contribution is 2.25. The van der Waals surface area contributed by atoms with Gasteiger partial charge in [-0.05, 0) is 24.4 Å². The molecule has 4 nitrogen and oxygen atoms in total. The monoisotopic (exact) mass is 328 g/mol. The summed E-state index contributed by atoms with van der Waals surface area (Å²) in [6.45, 7) is 8.70. The molecule has 0 aromatic heterocycles. The molecule has 1 atom stereocenters. The summed E-state index contributed by atoms with van der Waals surface area (Å²) in [6.07, 6.45) is 0.753. The number of rotatable bonds is 7. The van der Waals surface area contributed by atoms with Crippen molar-refractivity contribution in [1.29, 1.82) is 0 Å². The number of β-amino-alcohol motifs (C(OH)–C–C–N with tert-alkyl or cyclic N) is 1. The molecule has 0 aliphatic carbocycles. The highest BCUT2D eigenvalue weighted by atomic mass is 16.5. The Bertz CT molecular complexity index is 633. The van der Waals surface area contributed by atoms with Gasteiger partial charge in [-0.2, -0.15) is 0 Å². The number of fused-ring (bicyclic) bond motifs is 1. The van der Waals surface area contributed by atoms with E-state index in [4.69, 9.17) is 4.74 Å². The van der Waals surface area contributed by atoms with Crippen LogP contribution in [0.3, 0.4) is 0 Å². The zero-order chi connectivity index (χ0) is 16.8. The van der Waals surface area contributed by atoms with E-state index < -0.39 is 6.10 Å². The molecular weight excluding hydrogens is 300 g/mol. The van der Waals surface area contributed by atoms with Crippen molar-refractivity contribution in [1.82, 2.24) is 9.80 Å². The van der Waals surface area contributed by atoms with Crippen molar-refractivity contribution >= 4 is 10.8 Å². The molecule has 3 rings (SSSR count). The van der Waals surface area contributed by atoms with Crippen molar-refractivity contribution < 1.29 is 9.84 Å². The maximum atomic E-state index is 10.3. The molecule has 0 radical (unpaired) electrons. The van der Waals surface area contributed by atoms with Crippen molar-refractivity contribution in [2.45, 2.75) is 19.4 Å². The predicted octanol–water partition coefficient (Wildman–Crippen LogP) is 2.61. The van der Waals surface area contributed by atoms with Gasteiger partial charge in [0.1, 0.15) is 18.5 Å². The second kappa shape index (κ2) is 8.47. The number of hydrogen-bond donors (Lipinski definition) is 1. The molecule has 1 saturated heterocycles. The first-order valence-corrected chi connectivity index (χ1v) is 8.99. The summed E-state index contributed by atoms with van der Waals surface area (Å²) in [5.41, 5.74) is 0. The Morgan fingerprint density at radius 3 is 2.50 bits per heavy atom. The molecule has 1 aliphatic heterocycles. The van der Waals surface area contributed by atoms with Crippen molar-refractivity contribution in [3.63, 3.8) is 0 Å². The van der Waals surface area contributed by atoms with E-state index >= 15 is 0 Å². The van der Waals surface area contributed by atoms with Crippen LogP contribution in [0.4, 0.5) is 0 Å². The molecule has 2 aromatic rings. The molecule has 24 heavy (non-hydrogen) atoms. The summed E-state index contributed by atoms with van der Waals surface area (Å²) < 4.78 is 5.90. The van der Waals surface area contributed by atoms with Crippen molar-refractivity contribution in [3.8, 4) is 5.75 Å². The summed E-state index contributed by atoms with van der Waals surface area (Å²) in [4.78, 5) is 4.83. The zero-order valence-corrected chi connectivity index (χ0v) is 14.5. The van der Waals surface area contributed by atoms with Crippen molar-refractivity contribution in [2.75, 3.05) is 45.9 Å². The lowest BCUT2D eigenvalue weighted by atomic mass is 10.1. The third-order valence-electron chi connectivity index (χ3n) is 4.65. The first kappa shape index (κ1) is 17.2. The molecule has 2 aromatic carbocycles. The normalized spacial score (nSPS) is 17.9. The minimum atomic E-state index is -0.457. The van der Waals surface area contributed by atoms with Crippen LogP contribution in [0.15, 0.2) is 42.5 Å². The van der Waals surface area contributed by atoms with Crippen LogP contribution >= 0.6 is 0 Å². The summed E-state index contributed by atoms with van der Waals surface area (Å²) in [5.74, 6) is 0.847. The maximum Gasteiger partial charge on any atom is 0.127 e. The molecule has 4 heteroatoms. The number of nitrogens with zero attached hydrogens (tertiary/aromatic N) is 2. The number of aliphatic hydroxyl groups is 1. The van der Waals surface area contributed by atoms with Crippen molar-refractivity contribution in [2.24, 2.45) is 0 Å². The Hall–Kier alpha value is -1.62. The molecule has 1 aliphatic rings. The first-order valence-electron chi connectivity index (χ1n) is 8.99. The minimum Gasteiger partial charge on any atom is -0.490 e. The summed E-state index contributed by atoms with van der Waals surface area (Å²) in [7, 11) is 0. The fourth-order valence-corrected chi connectivity index (χ4v) is 3.37. The maximum absolute atomic E-state index is 10.3. The Morgan fingerprint density at radius 2 is 1.71 bits per heavy atom.